The lowest BCUT2D eigenvalue weighted by Crippen LogP contribution is -2.41. The van der Waals surface area contributed by atoms with Gasteiger partial charge in [-0.05, 0) is 6.42 Å². The second kappa shape index (κ2) is 7.06. The molecule has 0 aromatic carbocycles. The maximum Gasteiger partial charge on any atom is 0.236 e. The summed E-state index contributed by atoms with van der Waals surface area (Å²) in [6.45, 7) is 3.07. The van der Waals surface area contributed by atoms with Crippen LogP contribution in [-0.2, 0) is 9.53 Å². The summed E-state index contributed by atoms with van der Waals surface area (Å²) >= 11 is 0. The van der Waals surface area contributed by atoms with Crippen molar-refractivity contribution < 1.29 is 9.53 Å². The molecule has 0 bridgehead atoms. The molecule has 1 amide bonds. The summed E-state index contributed by atoms with van der Waals surface area (Å²) in [6, 6.07) is -0.369. The van der Waals surface area contributed by atoms with Gasteiger partial charge in [-0.15, -0.1) is 0 Å². The normalized spacial score (nSPS) is 12.6. The van der Waals surface area contributed by atoms with E-state index in [1.807, 2.05) is 6.92 Å². The Morgan fingerprint density at radius 2 is 2.33 bits per heavy atom. The van der Waals surface area contributed by atoms with Crippen molar-refractivity contribution in [3.05, 3.63) is 0 Å². The molecule has 0 aromatic rings. The Hall–Kier alpha value is -0.610. The minimum atomic E-state index is -0.369. The van der Waals surface area contributed by atoms with E-state index in [4.69, 9.17) is 10.5 Å². The molecule has 0 radical (unpaired) electrons. The molecule has 0 fully saturated rings. The molecule has 0 aliphatic rings. The molecule has 0 rings (SSSR count). The smallest absolute Gasteiger partial charge is 0.236 e. The number of nitrogens with one attached hydrogen (secondary N) is 1. The van der Waals surface area contributed by atoms with Gasteiger partial charge in [0.15, 0.2) is 0 Å². The van der Waals surface area contributed by atoms with Gasteiger partial charge in [0.1, 0.15) is 0 Å². The van der Waals surface area contributed by atoms with Gasteiger partial charge in [-0.1, -0.05) is 13.3 Å². The average molecular weight is 174 g/mol. The molecule has 0 aromatic heterocycles. The molecule has 0 saturated carbocycles. The molecule has 1 atom stereocenters. The highest BCUT2D eigenvalue weighted by molar-refractivity contribution is 5.81. The van der Waals surface area contributed by atoms with Crippen LogP contribution in [-0.4, -0.2) is 32.2 Å². The zero-order valence-electron chi connectivity index (χ0n) is 7.80. The summed E-state index contributed by atoms with van der Waals surface area (Å²) < 4.78 is 4.78. The van der Waals surface area contributed by atoms with E-state index in [1.165, 1.54) is 0 Å². The summed E-state index contributed by atoms with van der Waals surface area (Å²) in [4.78, 5) is 11.1. The maximum absolute atomic E-state index is 11.1. The number of carbonyl (C=O) groups excluding carboxylic acids is 1. The second-order valence-electron chi connectivity index (χ2n) is 2.68. The van der Waals surface area contributed by atoms with Crippen molar-refractivity contribution >= 4 is 5.91 Å². The van der Waals surface area contributed by atoms with Gasteiger partial charge in [0.25, 0.3) is 0 Å². The first-order chi connectivity index (χ1) is 5.72. The van der Waals surface area contributed by atoms with Gasteiger partial charge in [0, 0.05) is 13.7 Å². The molecular weight excluding hydrogens is 156 g/mol. The Morgan fingerprint density at radius 1 is 1.67 bits per heavy atom. The highest BCUT2D eigenvalue weighted by Gasteiger charge is 2.10. The lowest BCUT2D eigenvalue weighted by molar-refractivity contribution is -0.122. The Labute approximate surface area is 73.5 Å². The lowest BCUT2D eigenvalue weighted by Gasteiger charge is -2.10. The van der Waals surface area contributed by atoms with E-state index in [0.717, 1.165) is 12.8 Å². The average Bonchev–Trinajstić information content (AvgIpc) is 2.05. The summed E-state index contributed by atoms with van der Waals surface area (Å²) in [5, 5.41) is 2.68. The summed E-state index contributed by atoms with van der Waals surface area (Å²) in [6.07, 6.45) is 1.66. The fourth-order valence-corrected chi connectivity index (χ4v) is 0.849. The topological polar surface area (TPSA) is 64.4 Å². The molecule has 0 heterocycles. The standard InChI is InChI=1S/C8H18N2O2/c1-3-4-7(9)8(11)10-5-6-12-2/h7H,3-6,9H2,1-2H3,(H,10,11)/t7-/m0/s1. The van der Waals surface area contributed by atoms with Gasteiger partial charge in [0.2, 0.25) is 5.91 Å². The number of amides is 1. The van der Waals surface area contributed by atoms with Crippen molar-refractivity contribution in [2.24, 2.45) is 5.73 Å². The summed E-state index contributed by atoms with van der Waals surface area (Å²) in [7, 11) is 1.60. The van der Waals surface area contributed by atoms with E-state index in [2.05, 4.69) is 5.32 Å². The number of hydrogen-bond acceptors (Lipinski definition) is 3. The molecule has 12 heavy (non-hydrogen) atoms. The monoisotopic (exact) mass is 174 g/mol. The minimum absolute atomic E-state index is 0.0890. The maximum atomic E-state index is 11.1. The van der Waals surface area contributed by atoms with E-state index < -0.39 is 0 Å². The van der Waals surface area contributed by atoms with Crippen molar-refractivity contribution in [3.63, 3.8) is 0 Å². The van der Waals surface area contributed by atoms with Crippen molar-refractivity contribution in [1.29, 1.82) is 0 Å². The van der Waals surface area contributed by atoms with Gasteiger partial charge in [0.05, 0.1) is 12.6 Å². The molecule has 0 saturated heterocycles. The van der Waals surface area contributed by atoms with Crippen LogP contribution in [0.5, 0.6) is 0 Å². The van der Waals surface area contributed by atoms with Crippen LogP contribution < -0.4 is 11.1 Å². The minimum Gasteiger partial charge on any atom is -0.383 e. The number of ether oxygens (including phenoxy) is 1. The van der Waals surface area contributed by atoms with Gasteiger partial charge >= 0.3 is 0 Å². The zero-order chi connectivity index (χ0) is 9.40. The second-order valence-corrected chi connectivity index (χ2v) is 2.68. The highest BCUT2D eigenvalue weighted by Crippen LogP contribution is 1.92. The highest BCUT2D eigenvalue weighted by atomic mass is 16.5. The van der Waals surface area contributed by atoms with Crippen LogP contribution in [0.1, 0.15) is 19.8 Å². The van der Waals surface area contributed by atoms with Gasteiger partial charge < -0.3 is 15.8 Å². The van der Waals surface area contributed by atoms with Crippen LogP contribution in [0, 0.1) is 0 Å². The van der Waals surface area contributed by atoms with Crippen molar-refractivity contribution in [2.45, 2.75) is 25.8 Å². The molecular formula is C8H18N2O2. The Bertz CT molecular complexity index is 128. The third-order valence-corrected chi connectivity index (χ3v) is 1.54. The Balaban J connectivity index is 3.43. The molecule has 4 heteroatoms. The largest absolute Gasteiger partial charge is 0.383 e. The van der Waals surface area contributed by atoms with Crippen molar-refractivity contribution in [3.8, 4) is 0 Å². The van der Waals surface area contributed by atoms with Crippen molar-refractivity contribution in [1.82, 2.24) is 5.32 Å². The van der Waals surface area contributed by atoms with Crippen LogP contribution in [0.2, 0.25) is 0 Å². The quantitative estimate of drug-likeness (QED) is 0.552. The number of carbonyl (C=O) groups is 1. The van der Waals surface area contributed by atoms with Gasteiger partial charge in [-0.3, -0.25) is 4.79 Å². The molecule has 0 unspecified atom stereocenters. The van der Waals surface area contributed by atoms with E-state index in [-0.39, 0.29) is 11.9 Å². The first-order valence-corrected chi connectivity index (χ1v) is 4.24. The molecule has 0 aliphatic heterocycles. The molecule has 72 valence electrons. The van der Waals surface area contributed by atoms with E-state index >= 15 is 0 Å². The number of hydrogen-bond donors (Lipinski definition) is 2. The molecule has 0 spiro atoms. The Morgan fingerprint density at radius 3 is 2.83 bits per heavy atom. The fourth-order valence-electron chi connectivity index (χ4n) is 0.849. The summed E-state index contributed by atoms with van der Waals surface area (Å²) in [5.41, 5.74) is 5.56. The molecule has 3 N–H and O–H groups in total. The SMILES string of the molecule is CCC[C@H](N)C(=O)NCCOC. The van der Waals surface area contributed by atoms with Crippen LogP contribution in [0.3, 0.4) is 0 Å². The number of nitrogens with two attached hydrogens (primary N) is 1. The predicted octanol–water partition coefficient (Wildman–Crippen LogP) is -0.124. The van der Waals surface area contributed by atoms with E-state index in [0.29, 0.717) is 13.2 Å². The third kappa shape index (κ3) is 5.09. The lowest BCUT2D eigenvalue weighted by atomic mass is 10.2. The predicted molar refractivity (Wildman–Crippen MR) is 47.8 cm³/mol. The number of rotatable bonds is 6. The first-order valence-electron chi connectivity index (χ1n) is 4.24. The fraction of sp³-hybridized carbons (Fsp3) is 0.875. The van der Waals surface area contributed by atoms with E-state index in [9.17, 15) is 4.79 Å². The van der Waals surface area contributed by atoms with Gasteiger partial charge in [-0.25, -0.2) is 0 Å². The molecule has 0 aliphatic carbocycles. The van der Waals surface area contributed by atoms with Crippen LogP contribution in [0.25, 0.3) is 0 Å². The molecule has 4 nitrogen and oxygen atoms in total. The van der Waals surface area contributed by atoms with Crippen molar-refractivity contribution in [2.75, 3.05) is 20.3 Å². The summed E-state index contributed by atoms with van der Waals surface area (Å²) in [5.74, 6) is -0.0890. The number of methoxy groups -OCH3 is 1. The van der Waals surface area contributed by atoms with Crippen LogP contribution in [0.4, 0.5) is 0 Å². The Kier molecular flexibility index (Phi) is 6.70. The zero-order valence-corrected chi connectivity index (χ0v) is 7.80. The van der Waals surface area contributed by atoms with Crippen LogP contribution >= 0.6 is 0 Å². The van der Waals surface area contributed by atoms with Gasteiger partial charge in [-0.2, -0.15) is 0 Å². The van der Waals surface area contributed by atoms with Crippen LogP contribution in [0.15, 0.2) is 0 Å². The third-order valence-electron chi connectivity index (χ3n) is 1.54. The van der Waals surface area contributed by atoms with E-state index in [1.54, 1.807) is 7.11 Å². The first kappa shape index (κ1) is 11.4.